The lowest BCUT2D eigenvalue weighted by molar-refractivity contribution is 0.174. The van der Waals surface area contributed by atoms with Crippen molar-refractivity contribution in [3.8, 4) is 29.1 Å². The number of nitrogens with zero attached hydrogens (tertiary/aromatic N) is 2. The molecule has 0 radical (unpaired) electrons. The first kappa shape index (κ1) is 20.5. The highest BCUT2D eigenvalue weighted by Gasteiger charge is 2.35. The van der Waals surface area contributed by atoms with Crippen LogP contribution in [-0.2, 0) is 6.54 Å². The van der Waals surface area contributed by atoms with Crippen LogP contribution in [0.15, 0.2) is 64.8 Å². The normalized spacial score (nSPS) is 16.1. The summed E-state index contributed by atoms with van der Waals surface area (Å²) in [6, 6.07) is 16.8. The topological polar surface area (TPSA) is 109 Å². The van der Waals surface area contributed by atoms with Gasteiger partial charge in [-0.1, -0.05) is 18.2 Å². The third-order valence-corrected chi connectivity index (χ3v) is 5.92. The minimum absolute atomic E-state index is 0.0145. The van der Waals surface area contributed by atoms with Crippen LogP contribution in [0.3, 0.4) is 0 Å². The SMILES string of the molecule is COc1ccc(Cn2c(C)cc3c(c2=O)[C@@H](c2ccc4c(c2)OCO4)C(C#N)=C(N)O3)cc1. The highest BCUT2D eigenvalue weighted by molar-refractivity contribution is 5.58. The van der Waals surface area contributed by atoms with E-state index < -0.39 is 5.92 Å². The Kier molecular flexibility index (Phi) is 4.94. The summed E-state index contributed by atoms with van der Waals surface area (Å²) in [6.45, 7) is 2.32. The van der Waals surface area contributed by atoms with Crippen LogP contribution in [0.4, 0.5) is 0 Å². The molecule has 2 aromatic carbocycles. The number of ether oxygens (including phenoxy) is 4. The molecule has 2 aliphatic rings. The predicted molar refractivity (Wildman–Crippen MR) is 119 cm³/mol. The number of allylic oxidation sites excluding steroid dienone is 1. The highest BCUT2D eigenvalue weighted by Crippen LogP contribution is 2.43. The summed E-state index contributed by atoms with van der Waals surface area (Å²) >= 11 is 0. The van der Waals surface area contributed by atoms with Crippen molar-refractivity contribution in [3.05, 3.63) is 92.7 Å². The van der Waals surface area contributed by atoms with Gasteiger partial charge in [0.1, 0.15) is 23.1 Å². The van der Waals surface area contributed by atoms with Gasteiger partial charge in [0.2, 0.25) is 12.7 Å². The van der Waals surface area contributed by atoms with Gasteiger partial charge in [-0.05, 0) is 42.3 Å². The summed E-state index contributed by atoms with van der Waals surface area (Å²) in [5, 5.41) is 9.87. The Morgan fingerprint density at radius 3 is 2.61 bits per heavy atom. The highest BCUT2D eigenvalue weighted by atomic mass is 16.7. The van der Waals surface area contributed by atoms with E-state index in [-0.39, 0.29) is 23.8 Å². The van der Waals surface area contributed by atoms with Gasteiger partial charge in [-0.2, -0.15) is 5.26 Å². The Labute approximate surface area is 190 Å². The van der Waals surface area contributed by atoms with Gasteiger partial charge < -0.3 is 29.2 Å². The van der Waals surface area contributed by atoms with E-state index >= 15 is 0 Å². The number of methoxy groups -OCH3 is 1. The molecule has 0 saturated carbocycles. The molecule has 0 fully saturated rings. The Morgan fingerprint density at radius 1 is 1.12 bits per heavy atom. The lowest BCUT2D eigenvalue weighted by Crippen LogP contribution is -2.33. The maximum absolute atomic E-state index is 13.8. The van der Waals surface area contributed by atoms with Crippen LogP contribution in [-0.4, -0.2) is 18.5 Å². The number of nitriles is 1. The van der Waals surface area contributed by atoms with E-state index in [4.69, 9.17) is 24.7 Å². The van der Waals surface area contributed by atoms with E-state index in [0.29, 0.717) is 40.6 Å². The van der Waals surface area contributed by atoms with Crippen molar-refractivity contribution in [2.45, 2.75) is 19.4 Å². The quantitative estimate of drug-likeness (QED) is 0.660. The van der Waals surface area contributed by atoms with Gasteiger partial charge >= 0.3 is 0 Å². The van der Waals surface area contributed by atoms with E-state index in [1.165, 1.54) is 0 Å². The molecule has 1 aromatic heterocycles. The van der Waals surface area contributed by atoms with Crippen LogP contribution < -0.4 is 30.2 Å². The largest absolute Gasteiger partial charge is 0.497 e. The van der Waals surface area contributed by atoms with Gasteiger partial charge in [0.05, 0.1) is 25.1 Å². The molecule has 166 valence electrons. The second-order valence-electron chi connectivity index (χ2n) is 7.84. The molecule has 0 unspecified atom stereocenters. The van der Waals surface area contributed by atoms with Crippen molar-refractivity contribution in [1.82, 2.24) is 4.57 Å². The second kappa shape index (κ2) is 7.95. The summed E-state index contributed by atoms with van der Waals surface area (Å²) in [7, 11) is 1.61. The van der Waals surface area contributed by atoms with Crippen molar-refractivity contribution in [2.24, 2.45) is 5.73 Å². The molecule has 8 heteroatoms. The van der Waals surface area contributed by atoms with E-state index in [1.54, 1.807) is 29.9 Å². The first-order valence-electron chi connectivity index (χ1n) is 10.3. The number of rotatable bonds is 4. The van der Waals surface area contributed by atoms with Crippen LogP contribution in [0.1, 0.15) is 28.3 Å². The average Bonchev–Trinajstić information content (AvgIpc) is 3.29. The Balaban J connectivity index is 1.65. The van der Waals surface area contributed by atoms with Gasteiger partial charge in [0, 0.05) is 11.8 Å². The third-order valence-electron chi connectivity index (χ3n) is 5.92. The molecular weight excluding hydrogens is 422 g/mol. The summed E-state index contributed by atoms with van der Waals surface area (Å²) < 4.78 is 23.5. The third kappa shape index (κ3) is 3.44. The summed E-state index contributed by atoms with van der Waals surface area (Å²) in [4.78, 5) is 13.8. The monoisotopic (exact) mass is 443 g/mol. The average molecular weight is 443 g/mol. The zero-order valence-electron chi connectivity index (χ0n) is 18.1. The van der Waals surface area contributed by atoms with Gasteiger partial charge in [-0.15, -0.1) is 0 Å². The Hall–Kier alpha value is -4.38. The maximum Gasteiger partial charge on any atom is 0.259 e. The molecular formula is C25H21N3O5. The fourth-order valence-electron chi connectivity index (χ4n) is 4.22. The van der Waals surface area contributed by atoms with Crippen LogP contribution in [0.2, 0.25) is 0 Å². The van der Waals surface area contributed by atoms with Gasteiger partial charge in [-0.25, -0.2) is 0 Å². The zero-order chi connectivity index (χ0) is 23.1. The Morgan fingerprint density at radius 2 is 1.88 bits per heavy atom. The lowest BCUT2D eigenvalue weighted by Gasteiger charge is -2.27. The molecule has 2 N–H and O–H groups in total. The number of hydrogen-bond acceptors (Lipinski definition) is 7. The molecule has 0 spiro atoms. The van der Waals surface area contributed by atoms with Gasteiger partial charge in [-0.3, -0.25) is 4.79 Å². The molecule has 1 atom stereocenters. The minimum atomic E-state index is -0.691. The van der Waals surface area contributed by atoms with Gasteiger partial charge in [0.25, 0.3) is 5.56 Å². The molecule has 33 heavy (non-hydrogen) atoms. The van der Waals surface area contributed by atoms with Crippen LogP contribution in [0.25, 0.3) is 0 Å². The first-order chi connectivity index (χ1) is 16.0. The number of aryl methyl sites for hydroxylation is 1. The molecule has 0 saturated heterocycles. The number of fused-ring (bicyclic) bond motifs is 2. The smallest absolute Gasteiger partial charge is 0.259 e. The van der Waals surface area contributed by atoms with Crippen LogP contribution >= 0.6 is 0 Å². The molecule has 2 aliphatic heterocycles. The molecule has 3 heterocycles. The van der Waals surface area contributed by atoms with Crippen LogP contribution in [0, 0.1) is 18.3 Å². The minimum Gasteiger partial charge on any atom is -0.497 e. The van der Waals surface area contributed by atoms with E-state index in [2.05, 4.69) is 6.07 Å². The van der Waals surface area contributed by atoms with E-state index in [1.807, 2.05) is 37.3 Å². The van der Waals surface area contributed by atoms with Gasteiger partial charge in [0.15, 0.2) is 11.5 Å². The molecule has 3 aromatic rings. The standard InChI is InChI=1S/C25H21N3O5/c1-14-9-21-23(25(29)28(14)12-15-3-6-17(30-2)7-4-15)22(18(11-26)24(27)33-21)16-5-8-19-20(10-16)32-13-31-19/h3-10,22H,12-13,27H2,1-2H3/t22-/m0/s1. The summed E-state index contributed by atoms with van der Waals surface area (Å²) in [5.41, 5.74) is 8.73. The van der Waals surface area contributed by atoms with Crippen molar-refractivity contribution in [2.75, 3.05) is 13.9 Å². The Bertz CT molecular complexity index is 1380. The fraction of sp³-hybridized carbons (Fsp3) is 0.200. The van der Waals surface area contributed by atoms with Crippen molar-refractivity contribution >= 4 is 0 Å². The van der Waals surface area contributed by atoms with Crippen LogP contribution in [0.5, 0.6) is 23.0 Å². The predicted octanol–water partition coefficient (Wildman–Crippen LogP) is 3.16. The van der Waals surface area contributed by atoms with E-state index in [0.717, 1.165) is 11.3 Å². The maximum atomic E-state index is 13.8. The molecule has 0 bridgehead atoms. The van der Waals surface area contributed by atoms with E-state index in [9.17, 15) is 10.1 Å². The summed E-state index contributed by atoms with van der Waals surface area (Å²) in [5.74, 6) is 1.55. The zero-order valence-corrected chi connectivity index (χ0v) is 18.1. The molecule has 0 aliphatic carbocycles. The number of nitrogens with two attached hydrogens (primary N) is 1. The lowest BCUT2D eigenvalue weighted by atomic mass is 9.84. The van der Waals surface area contributed by atoms with Crippen molar-refractivity contribution < 1.29 is 18.9 Å². The molecule has 8 nitrogen and oxygen atoms in total. The number of hydrogen-bond donors (Lipinski definition) is 1. The molecule has 5 rings (SSSR count). The second-order valence-corrected chi connectivity index (χ2v) is 7.84. The number of benzene rings is 2. The summed E-state index contributed by atoms with van der Waals surface area (Å²) in [6.07, 6.45) is 0. The molecule has 0 amide bonds. The fourth-order valence-corrected chi connectivity index (χ4v) is 4.22. The van der Waals surface area contributed by atoms with Crippen molar-refractivity contribution in [1.29, 1.82) is 5.26 Å². The number of pyridine rings is 1. The number of aromatic nitrogens is 1. The van der Waals surface area contributed by atoms with Crippen molar-refractivity contribution in [3.63, 3.8) is 0 Å². The first-order valence-corrected chi connectivity index (χ1v) is 10.3.